The van der Waals surface area contributed by atoms with Crippen molar-refractivity contribution < 1.29 is 13.6 Å². The molecule has 0 unspecified atom stereocenters. The van der Waals surface area contributed by atoms with Crippen LogP contribution in [0.5, 0.6) is 0 Å². The maximum Gasteiger partial charge on any atom is 0.334 e. The first-order valence-corrected chi connectivity index (χ1v) is 8.96. The fourth-order valence-corrected chi connectivity index (χ4v) is 4.14. The molecule has 0 spiro atoms. The first kappa shape index (κ1) is 16.5. The third-order valence-electron chi connectivity index (χ3n) is 2.23. The second kappa shape index (κ2) is 8.60. The molecule has 0 amide bonds. The minimum absolute atomic E-state index is 0.342. The Hall–Kier alpha value is -0.540. The van der Waals surface area contributed by atoms with Crippen molar-refractivity contribution in [3.63, 3.8) is 0 Å². The molecule has 0 heterocycles. The van der Waals surface area contributed by atoms with Gasteiger partial charge in [-0.15, -0.1) is 0 Å². The summed E-state index contributed by atoms with van der Waals surface area (Å²) >= 11 is 1.61. The molecule has 0 atom stereocenters. The lowest BCUT2D eigenvalue weighted by Crippen LogP contribution is -2.00. The van der Waals surface area contributed by atoms with E-state index in [0.717, 1.165) is 10.5 Å². The summed E-state index contributed by atoms with van der Waals surface area (Å²) in [5.74, 6) is 0. The van der Waals surface area contributed by atoms with Crippen LogP contribution in [0.4, 0.5) is 0 Å². The number of hydrogen-bond acceptors (Lipinski definition) is 4. The third kappa shape index (κ3) is 6.44. The lowest BCUT2D eigenvalue weighted by atomic mass is 10.4. The Morgan fingerprint density at radius 2 is 1.79 bits per heavy atom. The Bertz CT molecular complexity index is 435. The van der Waals surface area contributed by atoms with Gasteiger partial charge in [-0.1, -0.05) is 35.5 Å². The average Bonchev–Trinajstić information content (AvgIpc) is 2.38. The van der Waals surface area contributed by atoms with Crippen LogP contribution < -0.4 is 0 Å². The van der Waals surface area contributed by atoms with E-state index in [2.05, 4.69) is 0 Å². The van der Waals surface area contributed by atoms with Gasteiger partial charge in [0.25, 0.3) is 0 Å². The molecule has 0 N–H and O–H groups in total. The minimum atomic E-state index is -2.98. The summed E-state index contributed by atoms with van der Waals surface area (Å²) in [5, 5.41) is 2.00. The number of allylic oxidation sites excluding steroid dienone is 1. The summed E-state index contributed by atoms with van der Waals surface area (Å²) in [6, 6.07) is 10.1. The van der Waals surface area contributed by atoms with Crippen molar-refractivity contribution >= 4 is 19.4 Å². The van der Waals surface area contributed by atoms with Gasteiger partial charge >= 0.3 is 7.60 Å². The van der Waals surface area contributed by atoms with Gasteiger partial charge in [-0.05, 0) is 38.3 Å². The first-order valence-electron chi connectivity index (χ1n) is 6.35. The highest BCUT2D eigenvalue weighted by molar-refractivity contribution is 8.02. The van der Waals surface area contributed by atoms with Crippen molar-refractivity contribution in [3.8, 4) is 0 Å². The van der Waals surface area contributed by atoms with Gasteiger partial charge in [-0.2, -0.15) is 0 Å². The predicted octanol–water partition coefficient (Wildman–Crippen LogP) is 4.95. The molecule has 1 aromatic rings. The van der Waals surface area contributed by atoms with Gasteiger partial charge in [0.15, 0.2) is 0 Å². The van der Waals surface area contributed by atoms with E-state index in [1.54, 1.807) is 11.8 Å². The SMILES string of the molecule is CCOP(=O)(CC(C)=CSc1ccccc1)OCC. The zero-order valence-electron chi connectivity index (χ0n) is 11.7. The number of thioether (sulfide) groups is 1. The minimum Gasteiger partial charge on any atom is -0.309 e. The predicted molar refractivity (Wildman–Crippen MR) is 81.8 cm³/mol. The molecule has 0 bridgehead atoms. The molecule has 1 aromatic carbocycles. The maximum atomic E-state index is 12.3. The normalized spacial score (nSPS) is 12.7. The van der Waals surface area contributed by atoms with E-state index in [-0.39, 0.29) is 0 Å². The summed E-state index contributed by atoms with van der Waals surface area (Å²) in [6.45, 7) is 6.39. The smallest absolute Gasteiger partial charge is 0.309 e. The van der Waals surface area contributed by atoms with Gasteiger partial charge in [0.1, 0.15) is 0 Å². The first-order chi connectivity index (χ1) is 9.09. The van der Waals surface area contributed by atoms with E-state index in [9.17, 15) is 4.57 Å². The Kier molecular flexibility index (Phi) is 7.47. The lowest BCUT2D eigenvalue weighted by molar-refractivity contribution is 0.222. The van der Waals surface area contributed by atoms with Gasteiger partial charge in [0, 0.05) is 4.90 Å². The molecule has 0 fully saturated rings. The zero-order valence-corrected chi connectivity index (χ0v) is 13.4. The van der Waals surface area contributed by atoms with Crippen molar-refractivity contribution in [1.29, 1.82) is 0 Å². The van der Waals surface area contributed by atoms with E-state index in [4.69, 9.17) is 9.05 Å². The lowest BCUT2D eigenvalue weighted by Gasteiger charge is -2.17. The van der Waals surface area contributed by atoms with Gasteiger partial charge < -0.3 is 9.05 Å². The molecule has 0 radical (unpaired) electrons. The Balaban J connectivity index is 2.61. The molecule has 0 saturated carbocycles. The van der Waals surface area contributed by atoms with Crippen LogP contribution in [0.15, 0.2) is 46.2 Å². The van der Waals surface area contributed by atoms with Crippen LogP contribution in [0, 0.1) is 0 Å². The molecule has 0 aliphatic heterocycles. The molecule has 0 aliphatic carbocycles. The number of benzene rings is 1. The number of hydrogen-bond donors (Lipinski definition) is 0. The fourth-order valence-electron chi connectivity index (χ4n) is 1.53. The largest absolute Gasteiger partial charge is 0.334 e. The van der Waals surface area contributed by atoms with Crippen LogP contribution in [0.25, 0.3) is 0 Å². The van der Waals surface area contributed by atoms with Crippen LogP contribution in [-0.2, 0) is 13.6 Å². The van der Waals surface area contributed by atoms with Gasteiger partial charge in [-0.25, -0.2) is 0 Å². The van der Waals surface area contributed by atoms with E-state index in [1.165, 1.54) is 0 Å². The van der Waals surface area contributed by atoms with E-state index < -0.39 is 7.60 Å². The summed E-state index contributed by atoms with van der Waals surface area (Å²) in [6.07, 6.45) is 0.342. The van der Waals surface area contributed by atoms with Crippen LogP contribution in [0.3, 0.4) is 0 Å². The second-order valence-corrected chi connectivity index (χ2v) is 7.00. The molecular formula is C14H21O3PS. The third-order valence-corrected chi connectivity index (χ3v) is 5.49. The van der Waals surface area contributed by atoms with Crippen LogP contribution >= 0.6 is 19.4 Å². The molecule has 3 nitrogen and oxygen atoms in total. The molecule has 19 heavy (non-hydrogen) atoms. The molecular weight excluding hydrogens is 279 g/mol. The average molecular weight is 300 g/mol. The van der Waals surface area contributed by atoms with Gasteiger partial charge in [0.2, 0.25) is 0 Å². The number of rotatable bonds is 8. The standard InChI is InChI=1S/C14H21O3PS/c1-4-16-18(15,17-5-2)11-13(3)12-19-14-9-7-6-8-10-14/h6-10,12H,4-5,11H2,1-3H3. The molecule has 0 aliphatic rings. The highest BCUT2D eigenvalue weighted by atomic mass is 32.2. The highest BCUT2D eigenvalue weighted by Crippen LogP contribution is 2.49. The monoisotopic (exact) mass is 300 g/mol. The van der Waals surface area contributed by atoms with Crippen molar-refractivity contribution in [3.05, 3.63) is 41.3 Å². The highest BCUT2D eigenvalue weighted by Gasteiger charge is 2.23. The van der Waals surface area contributed by atoms with Gasteiger partial charge in [0.05, 0.1) is 19.4 Å². The Morgan fingerprint density at radius 1 is 1.21 bits per heavy atom. The Morgan fingerprint density at radius 3 is 2.32 bits per heavy atom. The quantitative estimate of drug-likeness (QED) is 0.503. The van der Waals surface area contributed by atoms with E-state index >= 15 is 0 Å². The van der Waals surface area contributed by atoms with E-state index in [0.29, 0.717) is 19.4 Å². The summed E-state index contributed by atoms with van der Waals surface area (Å²) in [5.41, 5.74) is 0.999. The molecule has 0 aromatic heterocycles. The van der Waals surface area contributed by atoms with Crippen LogP contribution in [0.2, 0.25) is 0 Å². The summed E-state index contributed by atoms with van der Waals surface area (Å²) in [7, 11) is -2.98. The van der Waals surface area contributed by atoms with Crippen molar-refractivity contribution in [1.82, 2.24) is 0 Å². The Labute approximate surface area is 119 Å². The van der Waals surface area contributed by atoms with Gasteiger partial charge in [-0.3, -0.25) is 4.57 Å². The van der Waals surface area contributed by atoms with E-state index in [1.807, 2.05) is 56.5 Å². The van der Waals surface area contributed by atoms with Crippen LogP contribution in [-0.4, -0.2) is 19.4 Å². The van der Waals surface area contributed by atoms with Crippen LogP contribution in [0.1, 0.15) is 20.8 Å². The second-order valence-electron chi connectivity index (χ2n) is 4.00. The molecule has 1 rings (SSSR count). The maximum absolute atomic E-state index is 12.3. The molecule has 5 heteroatoms. The molecule has 0 saturated heterocycles. The fraction of sp³-hybridized carbons (Fsp3) is 0.429. The zero-order chi connectivity index (χ0) is 14.1. The molecule has 106 valence electrons. The van der Waals surface area contributed by atoms with Crippen molar-refractivity contribution in [2.75, 3.05) is 19.4 Å². The van der Waals surface area contributed by atoms with Crippen molar-refractivity contribution in [2.24, 2.45) is 0 Å². The topological polar surface area (TPSA) is 35.5 Å². The van der Waals surface area contributed by atoms with Crippen molar-refractivity contribution in [2.45, 2.75) is 25.7 Å². The summed E-state index contributed by atoms with van der Waals surface area (Å²) < 4.78 is 22.9. The summed E-state index contributed by atoms with van der Waals surface area (Å²) in [4.78, 5) is 1.16.